The molecule has 5 rings (SSSR count). The molecule has 2 heterocycles. The van der Waals surface area contributed by atoms with Gasteiger partial charge in [0.25, 0.3) is 11.8 Å². The fourth-order valence-electron chi connectivity index (χ4n) is 4.69. The smallest absolute Gasteiger partial charge is 0.416 e. The molecule has 0 aromatic heterocycles. The fourth-order valence-corrected chi connectivity index (χ4v) is 4.69. The Hall–Kier alpha value is -3.24. The maximum absolute atomic E-state index is 13.6. The number of hydrogen-bond acceptors (Lipinski definition) is 6. The Morgan fingerprint density at radius 3 is 2.21 bits per heavy atom. The summed E-state index contributed by atoms with van der Waals surface area (Å²) >= 11 is 0. The van der Waals surface area contributed by atoms with Crippen LogP contribution in [-0.2, 0) is 20.4 Å². The van der Waals surface area contributed by atoms with Gasteiger partial charge in [0.05, 0.1) is 48.6 Å². The summed E-state index contributed by atoms with van der Waals surface area (Å²) in [6.07, 6.45) is -4.97. The number of alkyl halides is 3. The van der Waals surface area contributed by atoms with Gasteiger partial charge in [0.15, 0.2) is 6.29 Å². The van der Waals surface area contributed by atoms with Gasteiger partial charge in [0.2, 0.25) is 0 Å². The molecule has 0 spiro atoms. The van der Waals surface area contributed by atoms with Crippen molar-refractivity contribution in [2.75, 3.05) is 20.3 Å². The number of imide groups is 1. The summed E-state index contributed by atoms with van der Waals surface area (Å²) in [5, 5.41) is 0. The van der Waals surface area contributed by atoms with Gasteiger partial charge in [-0.15, -0.1) is 0 Å². The topological polar surface area (TPSA) is 82.1 Å². The Morgan fingerprint density at radius 2 is 1.65 bits per heavy atom. The molecule has 2 fully saturated rings. The van der Waals surface area contributed by atoms with E-state index in [1.165, 1.54) is 6.07 Å². The second kappa shape index (κ2) is 8.21. The molecule has 2 amide bonds. The van der Waals surface area contributed by atoms with E-state index in [9.17, 15) is 27.6 Å². The highest BCUT2D eigenvalue weighted by atomic mass is 19.4. The highest BCUT2D eigenvalue weighted by molar-refractivity contribution is 6.21. The second-order valence-electron chi connectivity index (χ2n) is 8.51. The minimum atomic E-state index is -4.58. The number of fused-ring (bicyclic) bond motifs is 1. The minimum absolute atomic E-state index is 0.00456. The molecule has 7 nitrogen and oxygen atoms in total. The maximum atomic E-state index is 13.6. The molecule has 1 aliphatic carbocycles. The third kappa shape index (κ3) is 3.76. The number of esters is 1. The largest absolute Gasteiger partial charge is 0.465 e. The number of carbonyl (C=O) groups excluding carboxylic acids is 3. The summed E-state index contributed by atoms with van der Waals surface area (Å²) < 4.78 is 56.9. The van der Waals surface area contributed by atoms with Crippen LogP contribution in [0.15, 0.2) is 42.5 Å². The average Bonchev–Trinajstić information content (AvgIpc) is 3.59. The third-order valence-corrected chi connectivity index (χ3v) is 6.46. The average molecular weight is 475 g/mol. The number of ether oxygens (including phenoxy) is 3. The molecule has 2 aromatic carbocycles. The van der Waals surface area contributed by atoms with Crippen molar-refractivity contribution in [1.29, 1.82) is 0 Å². The molecule has 2 unspecified atom stereocenters. The Balaban J connectivity index is 1.28. The number of hydrogen-bond donors (Lipinski definition) is 0. The predicted molar refractivity (Wildman–Crippen MR) is 110 cm³/mol. The van der Waals surface area contributed by atoms with E-state index in [1.807, 2.05) is 0 Å². The highest BCUT2D eigenvalue weighted by Crippen LogP contribution is 2.54. The third-order valence-electron chi connectivity index (χ3n) is 6.46. The first kappa shape index (κ1) is 22.5. The molecule has 34 heavy (non-hydrogen) atoms. The van der Waals surface area contributed by atoms with E-state index >= 15 is 0 Å². The molecule has 0 bridgehead atoms. The number of halogens is 3. The van der Waals surface area contributed by atoms with E-state index in [2.05, 4.69) is 4.74 Å². The predicted octanol–water partition coefficient (Wildman–Crippen LogP) is 3.63. The van der Waals surface area contributed by atoms with Crippen LogP contribution >= 0.6 is 0 Å². The normalized spacial score (nSPS) is 26.4. The lowest BCUT2D eigenvalue weighted by atomic mass is 9.98. The zero-order valence-corrected chi connectivity index (χ0v) is 18.0. The van der Waals surface area contributed by atoms with Crippen LogP contribution in [0.25, 0.3) is 0 Å². The summed E-state index contributed by atoms with van der Waals surface area (Å²) in [6.45, 7) is 0.0430. The summed E-state index contributed by atoms with van der Waals surface area (Å²) in [7, 11) is 1.16. The number of carbonyl (C=O) groups is 3. The van der Waals surface area contributed by atoms with E-state index in [0.29, 0.717) is 17.5 Å². The molecule has 2 atom stereocenters. The van der Waals surface area contributed by atoms with Gasteiger partial charge in [-0.25, -0.2) is 4.79 Å². The first-order valence-electron chi connectivity index (χ1n) is 10.7. The number of nitrogens with zero attached hydrogens (tertiary/aromatic N) is 1. The standard InChI is InChI=1S/C24H20F3NO6/c1-32-22(31)12-6-7-19(24(25,26)27)17(8-12)16-9-18(16)23-33-10-13(11-34-23)28-20(29)14-4-2-3-5-15(14)21(28)30/h2-8,13,16,18,23H,9-11H2,1H3. The van der Waals surface area contributed by atoms with Gasteiger partial charge >= 0.3 is 12.1 Å². The first-order chi connectivity index (χ1) is 16.2. The van der Waals surface area contributed by atoms with Gasteiger partial charge in [-0.1, -0.05) is 12.1 Å². The van der Waals surface area contributed by atoms with Crippen molar-refractivity contribution in [3.8, 4) is 0 Å². The molecule has 2 aliphatic heterocycles. The van der Waals surface area contributed by atoms with Crippen LogP contribution in [0.3, 0.4) is 0 Å². The van der Waals surface area contributed by atoms with E-state index in [-0.39, 0.29) is 30.3 Å². The second-order valence-corrected chi connectivity index (χ2v) is 8.51. The SMILES string of the molecule is COC(=O)c1ccc(C(F)(F)F)c(C2CC2C2OCC(N3C(=O)c4ccccc4C3=O)CO2)c1. The fraction of sp³-hybridized carbons (Fsp3) is 0.375. The first-order valence-corrected chi connectivity index (χ1v) is 10.7. The van der Waals surface area contributed by atoms with Crippen molar-refractivity contribution in [2.45, 2.75) is 30.8 Å². The number of methoxy groups -OCH3 is 1. The van der Waals surface area contributed by atoms with E-state index in [1.54, 1.807) is 24.3 Å². The Labute approximate surface area is 192 Å². The Kier molecular flexibility index (Phi) is 5.44. The van der Waals surface area contributed by atoms with Crippen LogP contribution < -0.4 is 0 Å². The van der Waals surface area contributed by atoms with E-state index in [0.717, 1.165) is 24.1 Å². The van der Waals surface area contributed by atoms with Crippen molar-refractivity contribution >= 4 is 17.8 Å². The molecule has 3 aliphatic rings. The summed E-state index contributed by atoms with van der Waals surface area (Å²) in [4.78, 5) is 38.3. The van der Waals surface area contributed by atoms with Crippen LogP contribution in [0, 0.1) is 5.92 Å². The van der Waals surface area contributed by atoms with Gasteiger partial charge in [-0.2, -0.15) is 13.2 Å². The van der Waals surface area contributed by atoms with Gasteiger partial charge in [-0.05, 0) is 48.2 Å². The summed E-state index contributed by atoms with van der Waals surface area (Å²) in [5.74, 6) is -2.43. The molecule has 10 heteroatoms. The van der Waals surface area contributed by atoms with Crippen LogP contribution in [0.1, 0.15) is 54.5 Å². The molecular weight excluding hydrogens is 455 g/mol. The van der Waals surface area contributed by atoms with Gasteiger partial charge in [-0.3, -0.25) is 14.5 Å². The lowest BCUT2D eigenvalue weighted by Crippen LogP contribution is -2.50. The van der Waals surface area contributed by atoms with E-state index in [4.69, 9.17) is 9.47 Å². The van der Waals surface area contributed by atoms with Crippen LogP contribution in [0.5, 0.6) is 0 Å². The minimum Gasteiger partial charge on any atom is -0.465 e. The van der Waals surface area contributed by atoms with Crippen molar-refractivity contribution in [3.63, 3.8) is 0 Å². The summed E-state index contributed by atoms with van der Waals surface area (Å²) in [6, 6.07) is 9.08. The van der Waals surface area contributed by atoms with Crippen LogP contribution in [-0.4, -0.2) is 55.3 Å². The molecule has 0 N–H and O–H groups in total. The number of amides is 2. The van der Waals surface area contributed by atoms with Gasteiger partial charge in [0, 0.05) is 5.92 Å². The van der Waals surface area contributed by atoms with Crippen LogP contribution in [0.4, 0.5) is 13.2 Å². The highest BCUT2D eigenvalue weighted by Gasteiger charge is 2.51. The Morgan fingerprint density at radius 1 is 1.03 bits per heavy atom. The number of benzene rings is 2. The molecule has 178 valence electrons. The summed E-state index contributed by atoms with van der Waals surface area (Å²) in [5.41, 5.74) is -0.140. The molecular formula is C24H20F3NO6. The van der Waals surface area contributed by atoms with Crippen molar-refractivity contribution in [1.82, 2.24) is 4.90 Å². The molecule has 1 saturated carbocycles. The zero-order chi connectivity index (χ0) is 24.2. The molecule has 0 radical (unpaired) electrons. The number of rotatable bonds is 4. The van der Waals surface area contributed by atoms with E-state index < -0.39 is 47.8 Å². The lowest BCUT2D eigenvalue weighted by Gasteiger charge is -2.34. The van der Waals surface area contributed by atoms with Crippen molar-refractivity contribution < 1.29 is 41.8 Å². The Bertz CT molecular complexity index is 1140. The van der Waals surface area contributed by atoms with Gasteiger partial charge < -0.3 is 14.2 Å². The lowest BCUT2D eigenvalue weighted by molar-refractivity contribution is -0.207. The van der Waals surface area contributed by atoms with Gasteiger partial charge in [0.1, 0.15) is 0 Å². The van der Waals surface area contributed by atoms with Crippen LogP contribution in [0.2, 0.25) is 0 Å². The van der Waals surface area contributed by atoms with Crippen molar-refractivity contribution in [2.24, 2.45) is 5.92 Å². The molecule has 1 saturated heterocycles. The van der Waals surface area contributed by atoms with Crippen molar-refractivity contribution in [3.05, 3.63) is 70.3 Å². The molecule has 2 aromatic rings. The quantitative estimate of drug-likeness (QED) is 0.496. The zero-order valence-electron chi connectivity index (χ0n) is 18.0. The maximum Gasteiger partial charge on any atom is 0.416 e. The monoisotopic (exact) mass is 475 g/mol.